The highest BCUT2D eigenvalue weighted by molar-refractivity contribution is 7.15. The third-order valence-electron chi connectivity index (χ3n) is 4.71. The van der Waals surface area contributed by atoms with Crippen molar-refractivity contribution >= 4 is 22.9 Å². The van der Waals surface area contributed by atoms with E-state index < -0.39 is 0 Å². The fourth-order valence-electron chi connectivity index (χ4n) is 3.43. The number of benzene rings is 1. The highest BCUT2D eigenvalue weighted by Gasteiger charge is 2.28. The maximum atomic E-state index is 13.1. The molecule has 3 aromatic heterocycles. The van der Waals surface area contributed by atoms with Gasteiger partial charge in [-0.05, 0) is 52.9 Å². The van der Waals surface area contributed by atoms with Crippen molar-refractivity contribution in [1.29, 1.82) is 0 Å². The molecular formula is C18H16N8OS. The van der Waals surface area contributed by atoms with Crippen LogP contribution in [0.25, 0.3) is 5.00 Å². The zero-order chi connectivity index (χ0) is 18.9. The maximum Gasteiger partial charge on any atom is 0.259 e. The Morgan fingerprint density at radius 3 is 2.82 bits per heavy atom. The average molecular weight is 392 g/mol. The minimum Gasteiger partial charge on any atom is -0.322 e. The molecule has 0 unspecified atom stereocenters. The van der Waals surface area contributed by atoms with E-state index in [1.165, 1.54) is 17.5 Å². The summed E-state index contributed by atoms with van der Waals surface area (Å²) in [6, 6.07) is 7.73. The number of nitrogens with one attached hydrogen (secondary N) is 1. The number of anilines is 1. The summed E-state index contributed by atoms with van der Waals surface area (Å²) in [7, 11) is 0. The standard InChI is InChI=1S/C18H16N8OS/c27-17(22-13-6-4-12(5-7-13)8-25-10-19-9-21-25)16-14-2-1-3-15(14)28-18(16)26-11-20-23-24-26/h4-7,9-11H,1-3,8H2,(H,22,27). The van der Waals surface area contributed by atoms with Gasteiger partial charge in [0.05, 0.1) is 12.1 Å². The predicted molar refractivity (Wildman–Crippen MR) is 103 cm³/mol. The summed E-state index contributed by atoms with van der Waals surface area (Å²) < 4.78 is 3.32. The summed E-state index contributed by atoms with van der Waals surface area (Å²) in [5, 5.41) is 19.3. The first-order valence-corrected chi connectivity index (χ1v) is 9.70. The van der Waals surface area contributed by atoms with Gasteiger partial charge >= 0.3 is 0 Å². The van der Waals surface area contributed by atoms with Gasteiger partial charge < -0.3 is 5.32 Å². The Morgan fingerprint density at radius 1 is 1.18 bits per heavy atom. The zero-order valence-electron chi connectivity index (χ0n) is 14.8. The Bertz CT molecular complexity index is 1100. The van der Waals surface area contributed by atoms with Crippen molar-refractivity contribution in [2.45, 2.75) is 25.8 Å². The molecule has 0 saturated heterocycles. The number of carbonyl (C=O) groups is 1. The maximum absolute atomic E-state index is 13.1. The number of thiophene rings is 1. The van der Waals surface area contributed by atoms with Crippen LogP contribution >= 0.6 is 11.3 Å². The number of aryl methyl sites for hydroxylation is 1. The van der Waals surface area contributed by atoms with Gasteiger partial charge in [-0.1, -0.05) is 12.1 Å². The molecule has 1 N–H and O–H groups in total. The number of rotatable bonds is 5. The van der Waals surface area contributed by atoms with Gasteiger partial charge in [0.1, 0.15) is 24.0 Å². The van der Waals surface area contributed by atoms with Gasteiger partial charge in [0.25, 0.3) is 5.91 Å². The summed E-state index contributed by atoms with van der Waals surface area (Å²) in [6.45, 7) is 0.635. The van der Waals surface area contributed by atoms with Gasteiger partial charge in [-0.2, -0.15) is 9.78 Å². The topological polar surface area (TPSA) is 103 Å². The van der Waals surface area contributed by atoms with E-state index in [0.29, 0.717) is 12.1 Å². The normalized spacial score (nSPS) is 12.9. The number of carbonyl (C=O) groups excluding carboxylic acids is 1. The summed E-state index contributed by atoms with van der Waals surface area (Å²) >= 11 is 1.59. The molecule has 0 fully saturated rings. The lowest BCUT2D eigenvalue weighted by molar-refractivity contribution is 0.102. The van der Waals surface area contributed by atoms with Crippen molar-refractivity contribution in [2.75, 3.05) is 5.32 Å². The third kappa shape index (κ3) is 3.07. The second kappa shape index (κ2) is 6.97. The van der Waals surface area contributed by atoms with Gasteiger partial charge in [0, 0.05) is 10.6 Å². The quantitative estimate of drug-likeness (QED) is 0.558. The minimum atomic E-state index is -0.131. The van der Waals surface area contributed by atoms with E-state index in [9.17, 15) is 4.79 Å². The van der Waals surface area contributed by atoms with Gasteiger partial charge in [0.15, 0.2) is 0 Å². The van der Waals surface area contributed by atoms with Crippen LogP contribution < -0.4 is 5.32 Å². The average Bonchev–Trinajstić information content (AvgIpc) is 3.47. The molecular weight excluding hydrogens is 376 g/mol. The molecule has 28 heavy (non-hydrogen) atoms. The first kappa shape index (κ1) is 16.8. The van der Waals surface area contributed by atoms with Gasteiger partial charge in [-0.3, -0.25) is 4.79 Å². The van der Waals surface area contributed by atoms with Crippen molar-refractivity contribution in [3.05, 3.63) is 64.8 Å². The van der Waals surface area contributed by atoms with E-state index in [-0.39, 0.29) is 5.91 Å². The second-order valence-electron chi connectivity index (χ2n) is 6.54. The molecule has 4 aromatic rings. The van der Waals surface area contributed by atoms with Crippen LogP contribution in [0.3, 0.4) is 0 Å². The van der Waals surface area contributed by atoms with Crippen LogP contribution in [-0.2, 0) is 19.4 Å². The number of hydrogen-bond donors (Lipinski definition) is 1. The lowest BCUT2D eigenvalue weighted by atomic mass is 10.1. The number of fused-ring (bicyclic) bond motifs is 1. The molecule has 0 bridgehead atoms. The zero-order valence-corrected chi connectivity index (χ0v) is 15.6. The Kier molecular flexibility index (Phi) is 4.17. The molecule has 0 radical (unpaired) electrons. The molecule has 140 valence electrons. The van der Waals surface area contributed by atoms with Crippen LogP contribution in [0.5, 0.6) is 0 Å². The number of hydrogen-bond acceptors (Lipinski definition) is 7. The SMILES string of the molecule is O=C(Nc1ccc(Cn2cncn2)cc1)c1c(-n2cnnn2)sc2c1CCC2. The van der Waals surface area contributed by atoms with E-state index in [2.05, 4.69) is 30.9 Å². The van der Waals surface area contributed by atoms with Crippen LogP contribution in [0, 0.1) is 0 Å². The summed E-state index contributed by atoms with van der Waals surface area (Å²) in [4.78, 5) is 18.3. The fourth-order valence-corrected chi connectivity index (χ4v) is 4.73. The Morgan fingerprint density at radius 2 is 2.07 bits per heavy atom. The van der Waals surface area contributed by atoms with Crippen molar-refractivity contribution in [3.8, 4) is 5.00 Å². The summed E-state index contributed by atoms with van der Waals surface area (Å²) in [6.07, 6.45) is 7.70. The Balaban J connectivity index is 1.39. The monoisotopic (exact) mass is 392 g/mol. The molecule has 1 aliphatic rings. The van der Waals surface area contributed by atoms with Crippen LogP contribution in [0.1, 0.15) is 32.8 Å². The van der Waals surface area contributed by atoms with Crippen molar-refractivity contribution in [3.63, 3.8) is 0 Å². The number of aromatic nitrogens is 7. The summed E-state index contributed by atoms with van der Waals surface area (Å²) in [5.74, 6) is -0.131. The molecule has 1 amide bonds. The number of tetrazole rings is 1. The molecule has 3 heterocycles. The van der Waals surface area contributed by atoms with Crippen molar-refractivity contribution < 1.29 is 4.79 Å². The molecule has 1 aromatic carbocycles. The van der Waals surface area contributed by atoms with E-state index >= 15 is 0 Å². The van der Waals surface area contributed by atoms with Crippen molar-refractivity contribution in [2.24, 2.45) is 0 Å². The lowest BCUT2D eigenvalue weighted by Crippen LogP contribution is -2.15. The highest BCUT2D eigenvalue weighted by Crippen LogP contribution is 2.37. The van der Waals surface area contributed by atoms with Crippen LogP contribution in [0.15, 0.2) is 43.2 Å². The van der Waals surface area contributed by atoms with Crippen LogP contribution in [0.2, 0.25) is 0 Å². The van der Waals surface area contributed by atoms with E-state index in [1.807, 2.05) is 24.3 Å². The van der Waals surface area contributed by atoms with Gasteiger partial charge in [-0.25, -0.2) is 9.67 Å². The summed E-state index contributed by atoms with van der Waals surface area (Å²) in [5.41, 5.74) is 3.62. The van der Waals surface area contributed by atoms with Crippen LogP contribution in [0.4, 0.5) is 5.69 Å². The largest absolute Gasteiger partial charge is 0.322 e. The van der Waals surface area contributed by atoms with Crippen molar-refractivity contribution in [1.82, 2.24) is 35.0 Å². The molecule has 0 aliphatic heterocycles. The Hall–Kier alpha value is -3.40. The minimum absolute atomic E-state index is 0.131. The van der Waals surface area contributed by atoms with E-state index in [4.69, 9.17) is 0 Å². The van der Waals surface area contributed by atoms with E-state index in [0.717, 1.165) is 41.1 Å². The second-order valence-corrected chi connectivity index (χ2v) is 7.62. The predicted octanol–water partition coefficient (Wildman–Crippen LogP) is 2.10. The lowest BCUT2D eigenvalue weighted by Gasteiger charge is -2.09. The molecule has 0 saturated carbocycles. The fraction of sp³-hybridized carbons (Fsp3) is 0.222. The molecule has 5 rings (SSSR count). The van der Waals surface area contributed by atoms with E-state index in [1.54, 1.807) is 27.0 Å². The smallest absolute Gasteiger partial charge is 0.259 e. The molecule has 0 spiro atoms. The van der Waals surface area contributed by atoms with Gasteiger partial charge in [-0.15, -0.1) is 16.4 Å². The molecule has 10 heteroatoms. The number of amides is 1. The molecule has 0 atom stereocenters. The molecule has 1 aliphatic carbocycles. The Labute approximate surface area is 164 Å². The third-order valence-corrected chi connectivity index (χ3v) is 5.99. The highest BCUT2D eigenvalue weighted by atomic mass is 32.1. The first-order valence-electron chi connectivity index (χ1n) is 8.88. The van der Waals surface area contributed by atoms with Gasteiger partial charge in [0.2, 0.25) is 0 Å². The molecule has 9 nitrogen and oxygen atoms in total. The number of nitrogens with zero attached hydrogens (tertiary/aromatic N) is 7. The first-order chi connectivity index (χ1) is 13.8. The van der Waals surface area contributed by atoms with Crippen LogP contribution in [-0.4, -0.2) is 40.9 Å².